The molecule has 0 aliphatic heterocycles. The first kappa shape index (κ1) is 21.1. The summed E-state index contributed by atoms with van der Waals surface area (Å²) in [5, 5.41) is 23.0. The molecule has 1 heterocycles. The van der Waals surface area contributed by atoms with Gasteiger partial charge in [0.2, 0.25) is 17.7 Å². The van der Waals surface area contributed by atoms with E-state index >= 15 is 0 Å². The molecule has 0 spiro atoms. The Labute approximate surface area is 148 Å². The number of aliphatic hydroxyl groups excluding tert-OH is 1. The lowest BCUT2D eigenvalue weighted by Crippen LogP contribution is -2.57. The van der Waals surface area contributed by atoms with Crippen molar-refractivity contribution >= 4 is 23.7 Å². The molecule has 1 rings (SSSR count). The van der Waals surface area contributed by atoms with Gasteiger partial charge in [-0.25, -0.2) is 9.78 Å². The lowest BCUT2D eigenvalue weighted by atomic mass is 10.1. The molecule has 9 N–H and O–H groups in total. The number of nitrogens with one attached hydrogen (secondary N) is 3. The molecule has 1 aromatic heterocycles. The number of primary amides is 1. The Morgan fingerprint density at radius 1 is 1.27 bits per heavy atom. The number of aromatic amines is 1. The van der Waals surface area contributed by atoms with Gasteiger partial charge in [-0.3, -0.25) is 14.4 Å². The summed E-state index contributed by atoms with van der Waals surface area (Å²) in [6.07, 6.45) is 0.944. The van der Waals surface area contributed by atoms with Crippen LogP contribution in [0, 0.1) is 0 Å². The molecule has 0 fully saturated rings. The van der Waals surface area contributed by atoms with Crippen molar-refractivity contribution in [3.63, 3.8) is 0 Å². The number of amides is 3. The van der Waals surface area contributed by atoms with Crippen LogP contribution in [0.5, 0.6) is 0 Å². The Hall–Kier alpha value is -2.99. The van der Waals surface area contributed by atoms with E-state index < -0.39 is 54.3 Å². The first-order chi connectivity index (χ1) is 12.1. The molecule has 0 unspecified atom stereocenters. The minimum absolute atomic E-state index is 0.0486. The second-order valence-corrected chi connectivity index (χ2v) is 5.68. The third-order valence-electron chi connectivity index (χ3n) is 3.42. The summed E-state index contributed by atoms with van der Waals surface area (Å²) in [5.74, 6) is -3.90. The number of imidazole rings is 1. The van der Waals surface area contributed by atoms with E-state index in [2.05, 4.69) is 20.6 Å². The van der Waals surface area contributed by atoms with E-state index in [4.69, 9.17) is 16.6 Å². The summed E-state index contributed by atoms with van der Waals surface area (Å²) in [5.41, 5.74) is 11.0. The summed E-state index contributed by atoms with van der Waals surface area (Å²) in [4.78, 5) is 53.0. The first-order valence-corrected chi connectivity index (χ1v) is 7.64. The van der Waals surface area contributed by atoms with E-state index in [0.29, 0.717) is 5.69 Å². The zero-order chi connectivity index (χ0) is 19.9. The summed E-state index contributed by atoms with van der Waals surface area (Å²) in [6, 6.07) is -4.05. The van der Waals surface area contributed by atoms with Gasteiger partial charge >= 0.3 is 5.97 Å². The van der Waals surface area contributed by atoms with Gasteiger partial charge in [-0.05, 0) is 6.92 Å². The van der Waals surface area contributed by atoms with Crippen LogP contribution in [0.15, 0.2) is 12.5 Å². The molecule has 0 aliphatic rings. The Kier molecular flexibility index (Phi) is 7.68. The van der Waals surface area contributed by atoms with E-state index in [9.17, 15) is 24.3 Å². The molecule has 0 aliphatic carbocycles. The smallest absolute Gasteiger partial charge is 0.328 e. The van der Waals surface area contributed by atoms with Crippen molar-refractivity contribution in [2.75, 3.05) is 0 Å². The number of aliphatic carboxylic acids is 1. The number of nitrogens with two attached hydrogens (primary N) is 2. The Balaban J connectivity index is 2.90. The highest BCUT2D eigenvalue weighted by Gasteiger charge is 2.30. The number of carboxylic acid groups (broad SMARTS) is 1. The second-order valence-electron chi connectivity index (χ2n) is 5.68. The maximum Gasteiger partial charge on any atom is 0.328 e. The average Bonchev–Trinajstić information content (AvgIpc) is 3.03. The number of aromatic nitrogens is 2. The van der Waals surface area contributed by atoms with Crippen LogP contribution >= 0.6 is 0 Å². The van der Waals surface area contributed by atoms with Crippen molar-refractivity contribution < 1.29 is 29.4 Å². The molecular weight excluding hydrogens is 348 g/mol. The SMILES string of the molecule is C[C@@H](O)[C@H](NC(=O)[C@H](Cc1cnc[nH]1)NC(=O)[C@@H](N)CC(N)=O)C(=O)O. The molecule has 3 amide bonds. The maximum absolute atomic E-state index is 12.4. The first-order valence-electron chi connectivity index (χ1n) is 7.64. The van der Waals surface area contributed by atoms with Crippen LogP contribution in [-0.4, -0.2) is 68.1 Å². The van der Waals surface area contributed by atoms with Crippen molar-refractivity contribution in [3.05, 3.63) is 18.2 Å². The van der Waals surface area contributed by atoms with Gasteiger partial charge in [0.1, 0.15) is 6.04 Å². The van der Waals surface area contributed by atoms with Gasteiger partial charge in [0, 0.05) is 18.3 Å². The quantitative estimate of drug-likeness (QED) is 0.220. The average molecular weight is 370 g/mol. The van der Waals surface area contributed by atoms with Crippen LogP contribution in [0.25, 0.3) is 0 Å². The molecule has 12 heteroatoms. The molecule has 0 radical (unpaired) electrons. The predicted molar refractivity (Wildman–Crippen MR) is 87.3 cm³/mol. The fraction of sp³-hybridized carbons (Fsp3) is 0.500. The van der Waals surface area contributed by atoms with Gasteiger partial charge in [0.05, 0.1) is 24.9 Å². The molecule has 12 nitrogen and oxygen atoms in total. The van der Waals surface area contributed by atoms with Crippen LogP contribution in [0.4, 0.5) is 0 Å². The highest BCUT2D eigenvalue weighted by atomic mass is 16.4. The van der Waals surface area contributed by atoms with Crippen molar-refractivity contribution in [3.8, 4) is 0 Å². The van der Waals surface area contributed by atoms with Crippen LogP contribution in [0.1, 0.15) is 19.0 Å². The lowest BCUT2D eigenvalue weighted by molar-refractivity contribution is -0.145. The number of carboxylic acids is 1. The third-order valence-corrected chi connectivity index (χ3v) is 3.42. The van der Waals surface area contributed by atoms with Crippen LogP contribution in [0.2, 0.25) is 0 Å². The van der Waals surface area contributed by atoms with Crippen molar-refractivity contribution in [2.45, 2.75) is 44.0 Å². The number of hydrogen-bond donors (Lipinski definition) is 7. The highest BCUT2D eigenvalue weighted by molar-refractivity contribution is 5.93. The molecule has 26 heavy (non-hydrogen) atoms. The van der Waals surface area contributed by atoms with Gasteiger partial charge in [-0.2, -0.15) is 0 Å². The second kappa shape index (κ2) is 9.48. The number of carbonyl (C=O) groups is 4. The number of carbonyl (C=O) groups excluding carboxylic acids is 3. The standard InChI is InChI=1S/C14H22N6O6/c1-6(21)11(14(25)26)20-13(24)9(2-7-4-17-5-18-7)19-12(23)8(15)3-10(16)22/h4-6,8-9,11,21H,2-3,15H2,1H3,(H2,16,22)(H,17,18)(H,19,23)(H,20,24)(H,25,26)/t6-,8+,9+,11+/m1/s1. The zero-order valence-corrected chi connectivity index (χ0v) is 14.0. The van der Waals surface area contributed by atoms with E-state index in [1.54, 1.807) is 0 Å². The maximum atomic E-state index is 12.4. The van der Waals surface area contributed by atoms with Gasteiger partial charge in [0.25, 0.3) is 0 Å². The summed E-state index contributed by atoms with van der Waals surface area (Å²) in [6.45, 7) is 1.20. The molecule has 1 aromatic rings. The molecule has 4 atom stereocenters. The number of rotatable bonds is 10. The number of aliphatic hydroxyl groups is 1. The van der Waals surface area contributed by atoms with Gasteiger partial charge in [-0.15, -0.1) is 0 Å². The van der Waals surface area contributed by atoms with E-state index in [0.717, 1.165) is 0 Å². The molecule has 0 saturated carbocycles. The van der Waals surface area contributed by atoms with E-state index in [1.165, 1.54) is 19.4 Å². The number of H-pyrrole nitrogens is 1. The summed E-state index contributed by atoms with van der Waals surface area (Å²) >= 11 is 0. The largest absolute Gasteiger partial charge is 0.480 e. The van der Waals surface area contributed by atoms with Gasteiger partial charge in [-0.1, -0.05) is 0 Å². The summed E-state index contributed by atoms with van der Waals surface area (Å²) < 4.78 is 0. The highest BCUT2D eigenvalue weighted by Crippen LogP contribution is 2.02. The van der Waals surface area contributed by atoms with Gasteiger partial charge in [0.15, 0.2) is 6.04 Å². The monoisotopic (exact) mass is 370 g/mol. The third kappa shape index (κ3) is 6.49. The Morgan fingerprint density at radius 2 is 1.92 bits per heavy atom. The number of nitrogens with zero attached hydrogens (tertiary/aromatic N) is 1. The minimum Gasteiger partial charge on any atom is -0.480 e. The fourth-order valence-corrected chi connectivity index (χ4v) is 2.06. The van der Waals surface area contributed by atoms with Crippen LogP contribution in [0.3, 0.4) is 0 Å². The molecule has 0 saturated heterocycles. The molecule has 144 valence electrons. The van der Waals surface area contributed by atoms with Crippen molar-refractivity contribution in [1.29, 1.82) is 0 Å². The normalized spacial score (nSPS) is 15.3. The van der Waals surface area contributed by atoms with Crippen molar-refractivity contribution in [2.24, 2.45) is 11.5 Å². The van der Waals surface area contributed by atoms with Crippen LogP contribution in [-0.2, 0) is 25.6 Å². The Bertz CT molecular complexity index is 646. The topological polar surface area (TPSA) is 214 Å². The summed E-state index contributed by atoms with van der Waals surface area (Å²) in [7, 11) is 0. The molecule has 0 aromatic carbocycles. The van der Waals surface area contributed by atoms with Gasteiger partial charge < -0.3 is 37.3 Å². The Morgan fingerprint density at radius 3 is 2.38 bits per heavy atom. The molecule has 0 bridgehead atoms. The van der Waals surface area contributed by atoms with Crippen LogP contribution < -0.4 is 22.1 Å². The van der Waals surface area contributed by atoms with E-state index in [-0.39, 0.29) is 6.42 Å². The van der Waals surface area contributed by atoms with Crippen molar-refractivity contribution in [1.82, 2.24) is 20.6 Å². The predicted octanol–water partition coefficient (Wildman–Crippen LogP) is -3.41. The molecular formula is C14H22N6O6. The zero-order valence-electron chi connectivity index (χ0n) is 14.0. The lowest BCUT2D eigenvalue weighted by Gasteiger charge is -2.23. The minimum atomic E-state index is -1.57. The number of hydrogen-bond acceptors (Lipinski definition) is 7. The van der Waals surface area contributed by atoms with E-state index in [1.807, 2.05) is 0 Å². The fourth-order valence-electron chi connectivity index (χ4n) is 2.06.